The van der Waals surface area contributed by atoms with Crippen molar-refractivity contribution in [3.8, 4) is 5.75 Å². The van der Waals surface area contributed by atoms with Crippen molar-refractivity contribution in [3.05, 3.63) is 29.8 Å². The lowest BCUT2D eigenvalue weighted by molar-refractivity contribution is 0.0716. The first kappa shape index (κ1) is 12.0. The molecule has 15 heavy (non-hydrogen) atoms. The minimum absolute atomic E-state index is 0.0666. The molecule has 0 saturated heterocycles. The summed E-state index contributed by atoms with van der Waals surface area (Å²) in [6.07, 6.45) is 0.109. The Morgan fingerprint density at radius 1 is 1.20 bits per heavy atom. The Hall–Kier alpha value is -1.06. The third-order valence-electron chi connectivity index (χ3n) is 2.29. The summed E-state index contributed by atoms with van der Waals surface area (Å²) in [4.78, 5) is 0. The van der Waals surface area contributed by atoms with Gasteiger partial charge in [0, 0.05) is 13.2 Å². The molecule has 1 aromatic carbocycles. The standard InChI is InChI=1S/C12H19NO2/c1-9(14-3)8-15-12-6-4-11(5-7-12)10(2)13/h4-7,9-10H,8,13H2,1-3H3/t9?,10-/m0/s1. The Balaban J connectivity index is 2.50. The molecular weight excluding hydrogens is 190 g/mol. The monoisotopic (exact) mass is 209 g/mol. The van der Waals surface area contributed by atoms with E-state index in [1.54, 1.807) is 7.11 Å². The van der Waals surface area contributed by atoms with Crippen LogP contribution < -0.4 is 10.5 Å². The highest BCUT2D eigenvalue weighted by Crippen LogP contribution is 2.16. The molecule has 0 aromatic heterocycles. The molecule has 0 aliphatic rings. The smallest absolute Gasteiger partial charge is 0.119 e. The van der Waals surface area contributed by atoms with Gasteiger partial charge in [0.1, 0.15) is 12.4 Å². The molecule has 0 amide bonds. The zero-order chi connectivity index (χ0) is 11.3. The van der Waals surface area contributed by atoms with Gasteiger partial charge < -0.3 is 15.2 Å². The van der Waals surface area contributed by atoms with Crippen molar-refractivity contribution in [1.29, 1.82) is 0 Å². The van der Waals surface area contributed by atoms with Crippen LogP contribution in [0.25, 0.3) is 0 Å². The summed E-state index contributed by atoms with van der Waals surface area (Å²) < 4.78 is 10.6. The van der Waals surface area contributed by atoms with E-state index in [0.29, 0.717) is 6.61 Å². The van der Waals surface area contributed by atoms with Crippen molar-refractivity contribution >= 4 is 0 Å². The number of hydrogen-bond donors (Lipinski definition) is 1. The van der Waals surface area contributed by atoms with Crippen LogP contribution in [0.15, 0.2) is 24.3 Å². The molecule has 3 nitrogen and oxygen atoms in total. The fraction of sp³-hybridized carbons (Fsp3) is 0.500. The van der Waals surface area contributed by atoms with Crippen LogP contribution in [0.3, 0.4) is 0 Å². The van der Waals surface area contributed by atoms with Crippen molar-refractivity contribution in [2.24, 2.45) is 5.73 Å². The molecule has 84 valence electrons. The van der Waals surface area contributed by atoms with E-state index in [1.807, 2.05) is 38.1 Å². The average Bonchev–Trinajstić information content (AvgIpc) is 2.26. The number of nitrogens with two attached hydrogens (primary N) is 1. The first-order valence-corrected chi connectivity index (χ1v) is 5.14. The summed E-state index contributed by atoms with van der Waals surface area (Å²) in [6.45, 7) is 4.49. The molecule has 2 N–H and O–H groups in total. The molecule has 0 aliphatic heterocycles. The molecule has 0 aliphatic carbocycles. The Morgan fingerprint density at radius 3 is 2.27 bits per heavy atom. The third-order valence-corrected chi connectivity index (χ3v) is 2.29. The van der Waals surface area contributed by atoms with E-state index in [0.717, 1.165) is 11.3 Å². The van der Waals surface area contributed by atoms with Crippen molar-refractivity contribution in [1.82, 2.24) is 0 Å². The second-order valence-electron chi connectivity index (χ2n) is 3.72. The van der Waals surface area contributed by atoms with Gasteiger partial charge in [-0.25, -0.2) is 0 Å². The van der Waals surface area contributed by atoms with Crippen LogP contribution >= 0.6 is 0 Å². The summed E-state index contributed by atoms with van der Waals surface area (Å²) in [5.74, 6) is 0.850. The molecule has 0 spiro atoms. The molecule has 0 heterocycles. The van der Waals surface area contributed by atoms with Gasteiger partial charge in [-0.2, -0.15) is 0 Å². The molecule has 1 aromatic rings. The zero-order valence-electron chi connectivity index (χ0n) is 9.57. The van der Waals surface area contributed by atoms with Crippen molar-refractivity contribution < 1.29 is 9.47 Å². The molecular formula is C12H19NO2. The Morgan fingerprint density at radius 2 is 1.80 bits per heavy atom. The summed E-state index contributed by atoms with van der Waals surface area (Å²) in [5, 5.41) is 0. The lowest BCUT2D eigenvalue weighted by Gasteiger charge is -2.12. The fourth-order valence-corrected chi connectivity index (χ4v) is 1.15. The van der Waals surface area contributed by atoms with Crippen LogP contribution in [0.5, 0.6) is 5.75 Å². The number of hydrogen-bond acceptors (Lipinski definition) is 3. The minimum atomic E-state index is 0.0666. The molecule has 0 bridgehead atoms. The predicted molar refractivity (Wildman–Crippen MR) is 61.0 cm³/mol. The van der Waals surface area contributed by atoms with E-state index < -0.39 is 0 Å². The first-order chi connectivity index (χ1) is 7.13. The van der Waals surface area contributed by atoms with E-state index in [9.17, 15) is 0 Å². The highest BCUT2D eigenvalue weighted by atomic mass is 16.5. The summed E-state index contributed by atoms with van der Waals surface area (Å²) in [6, 6.07) is 7.90. The first-order valence-electron chi connectivity index (χ1n) is 5.14. The van der Waals surface area contributed by atoms with Gasteiger partial charge in [-0.3, -0.25) is 0 Å². The largest absolute Gasteiger partial charge is 0.491 e. The third kappa shape index (κ3) is 3.90. The summed E-state index contributed by atoms with van der Waals surface area (Å²) in [7, 11) is 1.67. The average molecular weight is 209 g/mol. The second kappa shape index (κ2) is 5.73. The van der Waals surface area contributed by atoms with Crippen LogP contribution in [0, 0.1) is 0 Å². The fourth-order valence-electron chi connectivity index (χ4n) is 1.15. The molecule has 3 heteroatoms. The van der Waals surface area contributed by atoms with Gasteiger partial charge in [0.05, 0.1) is 6.10 Å². The van der Waals surface area contributed by atoms with Gasteiger partial charge in [0.15, 0.2) is 0 Å². The number of methoxy groups -OCH3 is 1. The SMILES string of the molecule is COC(C)COc1ccc([C@H](C)N)cc1. The van der Waals surface area contributed by atoms with Crippen LogP contribution in [-0.2, 0) is 4.74 Å². The van der Waals surface area contributed by atoms with E-state index in [2.05, 4.69) is 0 Å². The van der Waals surface area contributed by atoms with Crippen LogP contribution in [0.4, 0.5) is 0 Å². The highest BCUT2D eigenvalue weighted by molar-refractivity contribution is 5.28. The van der Waals surface area contributed by atoms with Crippen LogP contribution in [0.2, 0.25) is 0 Å². The van der Waals surface area contributed by atoms with Gasteiger partial charge in [-0.05, 0) is 31.5 Å². The van der Waals surface area contributed by atoms with Crippen molar-refractivity contribution in [3.63, 3.8) is 0 Å². The summed E-state index contributed by atoms with van der Waals surface area (Å²) >= 11 is 0. The van der Waals surface area contributed by atoms with Crippen molar-refractivity contribution in [2.75, 3.05) is 13.7 Å². The van der Waals surface area contributed by atoms with Gasteiger partial charge in [0.2, 0.25) is 0 Å². The molecule has 2 atom stereocenters. The number of rotatable bonds is 5. The molecule has 0 fully saturated rings. The Labute approximate surface area is 91.2 Å². The minimum Gasteiger partial charge on any atom is -0.491 e. The van der Waals surface area contributed by atoms with Gasteiger partial charge in [-0.1, -0.05) is 12.1 Å². The van der Waals surface area contributed by atoms with E-state index in [1.165, 1.54) is 0 Å². The molecule has 0 saturated carbocycles. The number of benzene rings is 1. The van der Waals surface area contributed by atoms with Crippen LogP contribution in [0.1, 0.15) is 25.5 Å². The van der Waals surface area contributed by atoms with E-state index in [4.69, 9.17) is 15.2 Å². The zero-order valence-corrected chi connectivity index (χ0v) is 9.57. The normalized spacial score (nSPS) is 14.7. The van der Waals surface area contributed by atoms with E-state index in [-0.39, 0.29) is 12.1 Å². The van der Waals surface area contributed by atoms with Crippen LogP contribution in [-0.4, -0.2) is 19.8 Å². The maximum Gasteiger partial charge on any atom is 0.119 e. The topological polar surface area (TPSA) is 44.5 Å². The Kier molecular flexibility index (Phi) is 4.59. The quantitative estimate of drug-likeness (QED) is 0.807. The van der Waals surface area contributed by atoms with Gasteiger partial charge >= 0.3 is 0 Å². The van der Waals surface area contributed by atoms with E-state index >= 15 is 0 Å². The number of ether oxygens (including phenoxy) is 2. The molecule has 0 radical (unpaired) electrons. The lowest BCUT2D eigenvalue weighted by Crippen LogP contribution is -2.15. The highest BCUT2D eigenvalue weighted by Gasteiger charge is 2.02. The second-order valence-corrected chi connectivity index (χ2v) is 3.72. The van der Waals surface area contributed by atoms with Crippen molar-refractivity contribution in [2.45, 2.75) is 26.0 Å². The summed E-state index contributed by atoms with van der Waals surface area (Å²) in [5.41, 5.74) is 6.86. The lowest BCUT2D eigenvalue weighted by atomic mass is 10.1. The predicted octanol–water partition coefficient (Wildman–Crippen LogP) is 2.12. The maximum absolute atomic E-state index is 5.75. The van der Waals surface area contributed by atoms with Gasteiger partial charge in [0.25, 0.3) is 0 Å². The Bertz CT molecular complexity index is 282. The maximum atomic E-state index is 5.75. The molecule has 1 unspecified atom stereocenters. The molecule has 1 rings (SSSR count). The van der Waals surface area contributed by atoms with Gasteiger partial charge in [-0.15, -0.1) is 0 Å².